The molecule has 0 bridgehead atoms. The van der Waals surface area contributed by atoms with Gasteiger partial charge >= 0.3 is 6.18 Å². The number of nitrogens with zero attached hydrogens (tertiary/aromatic N) is 4. The van der Waals surface area contributed by atoms with Gasteiger partial charge in [0.15, 0.2) is 0 Å². The lowest BCUT2D eigenvalue weighted by molar-refractivity contribution is -0.175. The number of benzene rings is 1. The van der Waals surface area contributed by atoms with Crippen molar-refractivity contribution in [3.05, 3.63) is 60.6 Å². The Balaban J connectivity index is 1.67. The second kappa shape index (κ2) is 8.85. The summed E-state index contributed by atoms with van der Waals surface area (Å²) >= 11 is 0. The molecule has 33 heavy (non-hydrogen) atoms. The van der Waals surface area contributed by atoms with E-state index in [1.165, 1.54) is 29.2 Å². The number of aryl methyl sites for hydroxylation is 1. The van der Waals surface area contributed by atoms with Gasteiger partial charge in [-0.05, 0) is 37.0 Å². The fourth-order valence-corrected chi connectivity index (χ4v) is 4.30. The lowest BCUT2D eigenvalue weighted by Gasteiger charge is -2.24. The molecule has 0 aliphatic heterocycles. The Morgan fingerprint density at radius 2 is 1.94 bits per heavy atom. The number of sulfonamides is 1. The summed E-state index contributed by atoms with van der Waals surface area (Å²) in [5.41, 5.74) is 0.859. The number of allylic oxidation sites excluding steroid dienone is 2. The first-order valence-electron chi connectivity index (χ1n) is 10.00. The Kier molecular flexibility index (Phi) is 6.11. The smallest absolute Gasteiger partial charge is 0.392 e. The van der Waals surface area contributed by atoms with Crippen LogP contribution in [0.5, 0.6) is 11.6 Å². The minimum Gasteiger partial charge on any atom is -0.439 e. The molecule has 0 radical (unpaired) electrons. The predicted octanol–water partition coefficient (Wildman–Crippen LogP) is 4.55. The molecule has 1 N–H and O–H groups in total. The van der Waals surface area contributed by atoms with E-state index in [2.05, 4.69) is 19.8 Å². The summed E-state index contributed by atoms with van der Waals surface area (Å²) in [4.78, 5) is 8.29. The number of ether oxygens (including phenoxy) is 1. The van der Waals surface area contributed by atoms with Crippen molar-refractivity contribution in [2.24, 2.45) is 13.0 Å². The molecule has 2 aromatic heterocycles. The molecule has 0 saturated carbocycles. The first kappa shape index (κ1) is 22.8. The summed E-state index contributed by atoms with van der Waals surface area (Å²) in [5, 5.41) is 3.85. The number of rotatable bonds is 6. The van der Waals surface area contributed by atoms with E-state index in [1.54, 1.807) is 37.4 Å². The normalized spacial score (nSPS) is 16.8. The van der Waals surface area contributed by atoms with E-state index in [0.29, 0.717) is 17.0 Å². The number of hydrogen-bond donors (Lipinski definition) is 1. The molecule has 0 saturated heterocycles. The molecule has 1 aliphatic rings. The molecule has 0 fully saturated rings. The van der Waals surface area contributed by atoms with E-state index in [1.807, 2.05) is 0 Å². The number of nitrogens with one attached hydrogen (secondary N) is 1. The van der Waals surface area contributed by atoms with Gasteiger partial charge in [-0.15, -0.1) is 0 Å². The highest BCUT2D eigenvalue weighted by atomic mass is 32.2. The first-order chi connectivity index (χ1) is 15.6. The van der Waals surface area contributed by atoms with E-state index in [0.717, 1.165) is 0 Å². The molecule has 1 unspecified atom stereocenters. The zero-order chi connectivity index (χ0) is 23.6. The molecule has 4 rings (SSSR count). The Labute approximate surface area is 188 Å². The van der Waals surface area contributed by atoms with E-state index in [4.69, 9.17) is 4.74 Å². The molecule has 0 spiro atoms. The minimum absolute atomic E-state index is 0.0499. The molecule has 12 heteroatoms. The fourth-order valence-electron chi connectivity index (χ4n) is 3.38. The number of hydrogen-bond acceptors (Lipinski definition) is 6. The summed E-state index contributed by atoms with van der Waals surface area (Å²) in [5.74, 6) is -1.17. The van der Waals surface area contributed by atoms with Crippen molar-refractivity contribution in [2.45, 2.75) is 30.3 Å². The average molecular weight is 479 g/mol. The largest absolute Gasteiger partial charge is 0.439 e. The fraction of sp³-hybridized carbons (Fsp3) is 0.286. The van der Waals surface area contributed by atoms with Crippen LogP contribution in [0, 0.1) is 5.92 Å². The third kappa shape index (κ3) is 5.51. The maximum atomic E-state index is 13.0. The van der Waals surface area contributed by atoms with Crippen LogP contribution in [0.1, 0.15) is 25.0 Å². The SMILES string of the molecule is Cn1cc(S(=O)(=O)Nc2nc(Oc3ccccc3)cc(C3=CCC(C(F)(F)F)CC3)n2)cn1. The van der Waals surface area contributed by atoms with Crippen LogP contribution in [0.2, 0.25) is 0 Å². The Morgan fingerprint density at radius 1 is 1.18 bits per heavy atom. The second-order valence-corrected chi connectivity index (χ2v) is 9.21. The summed E-state index contributed by atoms with van der Waals surface area (Å²) in [7, 11) is -2.46. The summed E-state index contributed by atoms with van der Waals surface area (Å²) in [6.07, 6.45) is -0.404. The van der Waals surface area contributed by atoms with Gasteiger partial charge in [-0.1, -0.05) is 24.3 Å². The van der Waals surface area contributed by atoms with Crippen LogP contribution < -0.4 is 9.46 Å². The van der Waals surface area contributed by atoms with E-state index in [9.17, 15) is 21.6 Å². The maximum Gasteiger partial charge on any atom is 0.392 e. The van der Waals surface area contributed by atoms with Gasteiger partial charge in [0.05, 0.1) is 17.8 Å². The monoisotopic (exact) mass is 479 g/mol. The average Bonchev–Trinajstić information content (AvgIpc) is 3.21. The van der Waals surface area contributed by atoms with Crippen LogP contribution in [0.25, 0.3) is 5.57 Å². The van der Waals surface area contributed by atoms with Gasteiger partial charge in [-0.25, -0.2) is 18.1 Å². The Hall–Kier alpha value is -3.41. The molecule has 2 heterocycles. The molecule has 1 aromatic carbocycles. The van der Waals surface area contributed by atoms with E-state index in [-0.39, 0.29) is 36.0 Å². The summed E-state index contributed by atoms with van der Waals surface area (Å²) in [6.45, 7) is 0. The molecular formula is C21H20F3N5O3S. The van der Waals surface area contributed by atoms with Crippen molar-refractivity contribution in [3.63, 3.8) is 0 Å². The van der Waals surface area contributed by atoms with Crippen molar-refractivity contribution in [3.8, 4) is 11.6 Å². The van der Waals surface area contributed by atoms with Crippen LogP contribution in [0.15, 0.2) is 59.8 Å². The van der Waals surface area contributed by atoms with E-state index >= 15 is 0 Å². The highest BCUT2D eigenvalue weighted by molar-refractivity contribution is 7.92. The predicted molar refractivity (Wildman–Crippen MR) is 114 cm³/mol. The van der Waals surface area contributed by atoms with Crippen molar-refractivity contribution in [1.82, 2.24) is 19.7 Å². The van der Waals surface area contributed by atoms with Crippen molar-refractivity contribution in [2.75, 3.05) is 4.72 Å². The van der Waals surface area contributed by atoms with Crippen LogP contribution >= 0.6 is 0 Å². The third-order valence-corrected chi connectivity index (χ3v) is 6.37. The Bertz CT molecular complexity index is 1270. The quantitative estimate of drug-likeness (QED) is 0.557. The van der Waals surface area contributed by atoms with Gasteiger partial charge in [0.25, 0.3) is 10.0 Å². The highest BCUT2D eigenvalue weighted by Crippen LogP contribution is 2.39. The van der Waals surface area contributed by atoms with Gasteiger partial charge in [-0.2, -0.15) is 23.3 Å². The summed E-state index contributed by atoms with van der Waals surface area (Å²) < 4.78 is 73.9. The lowest BCUT2D eigenvalue weighted by atomic mass is 9.88. The molecule has 3 aromatic rings. The molecule has 1 atom stereocenters. The number of anilines is 1. The van der Waals surface area contributed by atoms with E-state index < -0.39 is 22.1 Å². The van der Waals surface area contributed by atoms with Gasteiger partial charge in [0.2, 0.25) is 11.8 Å². The Morgan fingerprint density at radius 3 is 2.55 bits per heavy atom. The molecule has 0 amide bonds. The number of aromatic nitrogens is 4. The molecular weight excluding hydrogens is 459 g/mol. The first-order valence-corrected chi connectivity index (χ1v) is 11.5. The van der Waals surface area contributed by atoms with Gasteiger partial charge < -0.3 is 4.74 Å². The van der Waals surface area contributed by atoms with Crippen molar-refractivity contribution < 1.29 is 26.3 Å². The zero-order valence-electron chi connectivity index (χ0n) is 17.5. The molecule has 8 nitrogen and oxygen atoms in total. The summed E-state index contributed by atoms with van der Waals surface area (Å²) in [6, 6.07) is 10.2. The van der Waals surface area contributed by atoms with Gasteiger partial charge in [0, 0.05) is 19.3 Å². The maximum absolute atomic E-state index is 13.0. The highest BCUT2D eigenvalue weighted by Gasteiger charge is 2.39. The van der Waals surface area contributed by atoms with Gasteiger partial charge in [-0.3, -0.25) is 4.68 Å². The molecule has 1 aliphatic carbocycles. The number of halogens is 3. The zero-order valence-corrected chi connectivity index (χ0v) is 18.3. The van der Waals surface area contributed by atoms with Crippen molar-refractivity contribution in [1.29, 1.82) is 0 Å². The van der Waals surface area contributed by atoms with Crippen LogP contribution in [0.4, 0.5) is 19.1 Å². The topological polar surface area (TPSA) is 99.0 Å². The third-order valence-electron chi connectivity index (χ3n) is 5.09. The molecule has 174 valence electrons. The van der Waals surface area contributed by atoms with Crippen molar-refractivity contribution >= 4 is 21.5 Å². The number of para-hydroxylation sites is 1. The van der Waals surface area contributed by atoms with Crippen LogP contribution in [-0.2, 0) is 17.1 Å². The number of alkyl halides is 3. The lowest BCUT2D eigenvalue weighted by Crippen LogP contribution is -2.24. The standard InChI is InChI=1S/C21H20F3N5O3S/c1-29-13-17(12-25-29)33(30,31)28-20-26-18(14-7-9-15(10-8-14)21(22,23)24)11-19(27-20)32-16-5-3-2-4-6-16/h2-7,11-13,15H,8-10H2,1H3,(H,26,27,28). The second-order valence-electron chi connectivity index (χ2n) is 7.53. The van der Waals surface area contributed by atoms with Crippen LogP contribution in [0.3, 0.4) is 0 Å². The minimum atomic E-state index is -4.26. The van der Waals surface area contributed by atoms with Gasteiger partial charge in [0.1, 0.15) is 10.6 Å². The van der Waals surface area contributed by atoms with Crippen LogP contribution in [-0.4, -0.2) is 34.3 Å².